The molecule has 162 valence electrons. The summed E-state index contributed by atoms with van der Waals surface area (Å²) in [5, 5.41) is 2.75. The lowest BCUT2D eigenvalue weighted by Crippen LogP contribution is -2.46. The number of nitrogens with zero attached hydrogens (tertiary/aromatic N) is 1. The van der Waals surface area contributed by atoms with Gasteiger partial charge in [0.15, 0.2) is 23.1 Å². The van der Waals surface area contributed by atoms with Crippen LogP contribution in [-0.2, 0) is 21.5 Å². The van der Waals surface area contributed by atoms with Gasteiger partial charge in [0.25, 0.3) is 10.2 Å². The molecule has 0 radical (unpaired) electrons. The predicted molar refractivity (Wildman–Crippen MR) is 107 cm³/mol. The summed E-state index contributed by atoms with van der Waals surface area (Å²) >= 11 is 0. The molecule has 2 aromatic rings. The molecule has 0 spiro atoms. The second-order valence-electron chi connectivity index (χ2n) is 6.90. The Morgan fingerprint density at radius 2 is 1.77 bits per heavy atom. The van der Waals surface area contributed by atoms with Crippen LogP contribution in [-0.4, -0.2) is 38.8 Å². The van der Waals surface area contributed by atoms with Crippen molar-refractivity contribution in [3.8, 4) is 11.5 Å². The fourth-order valence-corrected chi connectivity index (χ4v) is 4.15. The molecule has 0 aromatic heterocycles. The average Bonchev–Trinajstić information content (AvgIpc) is 2.75. The third kappa shape index (κ3) is 5.32. The van der Waals surface area contributed by atoms with Crippen LogP contribution in [0.25, 0.3) is 0 Å². The minimum atomic E-state index is -3.49. The molecule has 1 saturated heterocycles. The highest BCUT2D eigenvalue weighted by molar-refractivity contribution is 7.87. The van der Waals surface area contributed by atoms with E-state index in [-0.39, 0.29) is 43.0 Å². The quantitative estimate of drug-likeness (QED) is 0.694. The monoisotopic (exact) mass is 439 g/mol. The smallest absolute Gasteiger partial charge is 0.279 e. The zero-order valence-electron chi connectivity index (χ0n) is 16.4. The van der Waals surface area contributed by atoms with Crippen LogP contribution in [0.5, 0.6) is 11.5 Å². The van der Waals surface area contributed by atoms with Gasteiger partial charge in [-0.2, -0.15) is 12.7 Å². The lowest BCUT2D eigenvalue weighted by molar-refractivity contribution is -0.126. The summed E-state index contributed by atoms with van der Waals surface area (Å²) < 4.78 is 60.4. The first-order valence-electron chi connectivity index (χ1n) is 9.47. The Balaban J connectivity index is 1.53. The number of rotatable bonds is 7. The van der Waals surface area contributed by atoms with Gasteiger partial charge < -0.3 is 10.1 Å². The Labute approximate surface area is 174 Å². The summed E-state index contributed by atoms with van der Waals surface area (Å²) in [6.45, 7) is 0.640. The Bertz CT molecular complexity index is 1010. The van der Waals surface area contributed by atoms with Gasteiger partial charge in [0.05, 0.1) is 0 Å². The molecule has 0 saturated carbocycles. The summed E-state index contributed by atoms with van der Waals surface area (Å²) in [4.78, 5) is 12.4. The topological polar surface area (TPSA) is 87.7 Å². The summed E-state index contributed by atoms with van der Waals surface area (Å²) in [7, 11) is -2.14. The standard InChI is InChI=1S/C20H23F2N3O4S/c1-23-30(27,28)25-10-8-15(9-11-25)20(26)24-13-14-6-7-19(17(22)12-14)29-18-5-3-2-4-16(18)21/h2-7,12,15,23H,8-11,13H2,1H3,(H,24,26). The van der Waals surface area contributed by atoms with E-state index in [0.29, 0.717) is 18.4 Å². The van der Waals surface area contributed by atoms with Gasteiger partial charge in [-0.25, -0.2) is 13.5 Å². The molecule has 0 bridgehead atoms. The predicted octanol–water partition coefficient (Wildman–Crippen LogP) is 2.55. The third-order valence-corrected chi connectivity index (χ3v) is 6.50. The van der Waals surface area contributed by atoms with Crippen LogP contribution in [0.1, 0.15) is 18.4 Å². The fraction of sp³-hybridized carbons (Fsp3) is 0.350. The van der Waals surface area contributed by atoms with E-state index >= 15 is 0 Å². The van der Waals surface area contributed by atoms with Gasteiger partial charge in [-0.1, -0.05) is 18.2 Å². The van der Waals surface area contributed by atoms with Crippen molar-refractivity contribution in [3.63, 3.8) is 0 Å². The summed E-state index contributed by atoms with van der Waals surface area (Å²) in [5.41, 5.74) is 0.525. The maximum Gasteiger partial charge on any atom is 0.279 e. The molecule has 10 heteroatoms. The maximum absolute atomic E-state index is 14.3. The molecule has 1 amide bonds. The first kappa shape index (κ1) is 22.1. The van der Waals surface area contributed by atoms with E-state index in [4.69, 9.17) is 4.74 Å². The minimum absolute atomic E-state index is 0.0796. The van der Waals surface area contributed by atoms with Gasteiger partial charge in [0.2, 0.25) is 5.91 Å². The molecule has 2 aromatic carbocycles. The average molecular weight is 439 g/mol. The molecule has 7 nitrogen and oxygen atoms in total. The van der Waals surface area contributed by atoms with Crippen molar-refractivity contribution in [2.24, 2.45) is 5.92 Å². The number of carbonyl (C=O) groups excluding carboxylic acids is 1. The summed E-state index contributed by atoms with van der Waals surface area (Å²) in [5.74, 6) is -1.97. The molecule has 2 N–H and O–H groups in total. The molecule has 1 aliphatic heterocycles. The minimum Gasteiger partial charge on any atom is -0.451 e. The Kier molecular flexibility index (Phi) is 7.01. The number of hydrogen-bond acceptors (Lipinski definition) is 4. The number of para-hydroxylation sites is 1. The Hall–Kier alpha value is -2.56. The number of ether oxygens (including phenoxy) is 1. The highest BCUT2D eigenvalue weighted by Crippen LogP contribution is 2.27. The van der Waals surface area contributed by atoms with Gasteiger partial charge in [-0.05, 0) is 42.7 Å². The van der Waals surface area contributed by atoms with Crippen LogP contribution >= 0.6 is 0 Å². The van der Waals surface area contributed by atoms with Crippen molar-refractivity contribution >= 4 is 16.1 Å². The van der Waals surface area contributed by atoms with E-state index in [9.17, 15) is 22.0 Å². The highest BCUT2D eigenvalue weighted by atomic mass is 32.2. The Morgan fingerprint density at radius 3 is 2.40 bits per heavy atom. The van der Waals surface area contributed by atoms with Crippen molar-refractivity contribution in [2.45, 2.75) is 19.4 Å². The molecule has 0 atom stereocenters. The van der Waals surface area contributed by atoms with Crippen molar-refractivity contribution < 1.29 is 26.7 Å². The summed E-state index contributed by atoms with van der Waals surface area (Å²) in [6.07, 6.45) is 0.826. The maximum atomic E-state index is 14.3. The molecular weight excluding hydrogens is 416 g/mol. The van der Waals surface area contributed by atoms with Crippen LogP contribution in [0.4, 0.5) is 8.78 Å². The molecule has 3 rings (SSSR count). The number of benzene rings is 2. The van der Waals surface area contributed by atoms with Crippen LogP contribution in [0.2, 0.25) is 0 Å². The molecule has 1 fully saturated rings. The van der Waals surface area contributed by atoms with Crippen LogP contribution in [0.15, 0.2) is 42.5 Å². The van der Waals surface area contributed by atoms with E-state index in [1.165, 1.54) is 41.7 Å². The van der Waals surface area contributed by atoms with Crippen molar-refractivity contribution in [1.82, 2.24) is 14.3 Å². The number of hydrogen-bond donors (Lipinski definition) is 2. The number of halogens is 2. The van der Waals surface area contributed by atoms with Gasteiger partial charge in [0, 0.05) is 32.6 Å². The summed E-state index contributed by atoms with van der Waals surface area (Å²) in [6, 6.07) is 9.89. The van der Waals surface area contributed by atoms with E-state index < -0.39 is 21.8 Å². The van der Waals surface area contributed by atoms with E-state index in [0.717, 1.165) is 0 Å². The second kappa shape index (κ2) is 9.50. The van der Waals surface area contributed by atoms with Crippen LogP contribution in [0.3, 0.4) is 0 Å². The fourth-order valence-electron chi connectivity index (χ4n) is 3.20. The number of amides is 1. The molecule has 1 heterocycles. The molecular formula is C20H23F2N3O4S. The number of piperidine rings is 1. The largest absolute Gasteiger partial charge is 0.451 e. The lowest BCUT2D eigenvalue weighted by Gasteiger charge is -2.30. The number of carbonyl (C=O) groups is 1. The highest BCUT2D eigenvalue weighted by Gasteiger charge is 2.30. The van der Waals surface area contributed by atoms with Gasteiger partial charge >= 0.3 is 0 Å². The number of nitrogens with one attached hydrogen (secondary N) is 2. The zero-order valence-corrected chi connectivity index (χ0v) is 17.2. The van der Waals surface area contributed by atoms with E-state index in [1.54, 1.807) is 12.1 Å². The molecule has 1 aliphatic rings. The SMILES string of the molecule is CNS(=O)(=O)N1CCC(C(=O)NCc2ccc(Oc3ccccc3F)c(F)c2)CC1. The van der Waals surface area contributed by atoms with Crippen molar-refractivity contribution in [3.05, 3.63) is 59.7 Å². The molecule has 0 aliphatic carbocycles. The molecule has 0 unspecified atom stereocenters. The lowest BCUT2D eigenvalue weighted by atomic mass is 9.97. The van der Waals surface area contributed by atoms with Gasteiger partial charge in [0.1, 0.15) is 0 Å². The van der Waals surface area contributed by atoms with Crippen LogP contribution < -0.4 is 14.8 Å². The first-order chi connectivity index (χ1) is 14.3. The van der Waals surface area contributed by atoms with E-state index in [2.05, 4.69) is 10.0 Å². The first-order valence-corrected chi connectivity index (χ1v) is 10.9. The van der Waals surface area contributed by atoms with Gasteiger partial charge in [-0.3, -0.25) is 4.79 Å². The third-order valence-electron chi connectivity index (χ3n) is 4.94. The van der Waals surface area contributed by atoms with Crippen molar-refractivity contribution in [1.29, 1.82) is 0 Å². The normalized spacial score (nSPS) is 15.7. The van der Waals surface area contributed by atoms with E-state index in [1.807, 2.05) is 0 Å². The second-order valence-corrected chi connectivity index (χ2v) is 8.77. The van der Waals surface area contributed by atoms with Crippen molar-refractivity contribution in [2.75, 3.05) is 20.1 Å². The zero-order chi connectivity index (χ0) is 21.7. The van der Waals surface area contributed by atoms with Gasteiger partial charge in [-0.15, -0.1) is 0 Å². The van der Waals surface area contributed by atoms with Crippen LogP contribution in [0, 0.1) is 17.6 Å². The Morgan fingerprint density at radius 1 is 1.10 bits per heavy atom. The molecule has 30 heavy (non-hydrogen) atoms.